The predicted molar refractivity (Wildman–Crippen MR) is 89.0 cm³/mol. The first-order valence-electron chi connectivity index (χ1n) is 7.20. The molecule has 7 heteroatoms. The van der Waals surface area contributed by atoms with E-state index in [9.17, 15) is 4.55 Å². The van der Waals surface area contributed by atoms with Crippen molar-refractivity contribution < 1.29 is 9.29 Å². The van der Waals surface area contributed by atoms with Crippen LogP contribution >= 0.6 is 0 Å². The Morgan fingerprint density at radius 3 is 2.74 bits per heavy atom. The summed E-state index contributed by atoms with van der Waals surface area (Å²) in [5.74, 6) is 1.07. The number of imidazole rings is 1. The predicted octanol–water partition coefficient (Wildman–Crippen LogP) is 2.59. The second-order valence-corrected chi connectivity index (χ2v) is 6.77. The lowest BCUT2D eigenvalue weighted by molar-refractivity contribution is 0.407. The summed E-state index contributed by atoms with van der Waals surface area (Å²) in [6.45, 7) is 5.76. The van der Waals surface area contributed by atoms with Crippen LogP contribution in [0.15, 0.2) is 23.5 Å². The number of aromatic nitrogens is 4. The van der Waals surface area contributed by atoms with Gasteiger partial charge in [0.2, 0.25) is 0 Å². The third-order valence-corrected chi connectivity index (χ3v) is 4.86. The molecule has 1 N–H and O–H groups in total. The lowest BCUT2D eigenvalue weighted by Crippen LogP contribution is -2.10. The summed E-state index contributed by atoms with van der Waals surface area (Å²) >= 11 is -1.33. The Hall–Kier alpha value is -2.12. The van der Waals surface area contributed by atoms with Gasteiger partial charge in [0.05, 0.1) is 18.3 Å². The van der Waals surface area contributed by atoms with Crippen LogP contribution in [0.2, 0.25) is 0 Å². The van der Waals surface area contributed by atoms with E-state index in [-0.39, 0.29) is 5.75 Å². The van der Waals surface area contributed by atoms with E-state index in [0.717, 1.165) is 33.8 Å². The van der Waals surface area contributed by atoms with Crippen molar-refractivity contribution >= 4 is 22.3 Å². The van der Waals surface area contributed by atoms with Crippen molar-refractivity contribution in [2.24, 2.45) is 0 Å². The maximum absolute atomic E-state index is 12.6. The van der Waals surface area contributed by atoms with Crippen LogP contribution in [0.25, 0.3) is 11.2 Å². The van der Waals surface area contributed by atoms with Crippen LogP contribution in [-0.4, -0.2) is 31.6 Å². The Morgan fingerprint density at radius 2 is 2.00 bits per heavy atom. The molecule has 0 amide bonds. The molecule has 0 saturated heterocycles. The highest BCUT2D eigenvalue weighted by Gasteiger charge is 2.21. The molecule has 1 unspecified atom stereocenters. The van der Waals surface area contributed by atoms with E-state index in [1.54, 1.807) is 13.3 Å². The SMILES string of the molecule is COc1c(C)cnc(C[S+]([O-])c2nc3nc(C)ccc3[nH]2)c1C. The summed E-state index contributed by atoms with van der Waals surface area (Å²) in [6, 6.07) is 3.79. The molecule has 3 aromatic rings. The van der Waals surface area contributed by atoms with Crippen LogP contribution in [-0.2, 0) is 16.9 Å². The average Bonchev–Trinajstić information content (AvgIpc) is 2.93. The molecular formula is C16H18N4O2S. The number of fused-ring (bicyclic) bond motifs is 1. The van der Waals surface area contributed by atoms with E-state index in [2.05, 4.69) is 19.9 Å². The van der Waals surface area contributed by atoms with Gasteiger partial charge in [-0.1, -0.05) is 0 Å². The van der Waals surface area contributed by atoms with Gasteiger partial charge in [0, 0.05) is 34.2 Å². The van der Waals surface area contributed by atoms with Crippen LogP contribution in [0.3, 0.4) is 0 Å². The molecule has 0 fully saturated rings. The number of hydrogen-bond donors (Lipinski definition) is 1. The molecule has 0 aliphatic carbocycles. The van der Waals surface area contributed by atoms with Crippen molar-refractivity contribution in [1.29, 1.82) is 0 Å². The average molecular weight is 330 g/mol. The molecule has 6 nitrogen and oxygen atoms in total. The van der Waals surface area contributed by atoms with Crippen LogP contribution < -0.4 is 4.74 Å². The van der Waals surface area contributed by atoms with Gasteiger partial charge in [0.25, 0.3) is 0 Å². The molecule has 0 aliphatic heterocycles. The van der Waals surface area contributed by atoms with Crippen LogP contribution in [0.4, 0.5) is 0 Å². The number of H-pyrrole nitrogens is 1. The molecule has 0 aromatic carbocycles. The van der Waals surface area contributed by atoms with Gasteiger partial charge in [0.15, 0.2) is 11.4 Å². The maximum atomic E-state index is 12.6. The van der Waals surface area contributed by atoms with Crippen molar-refractivity contribution in [1.82, 2.24) is 19.9 Å². The van der Waals surface area contributed by atoms with Crippen LogP contribution in [0, 0.1) is 20.8 Å². The highest BCUT2D eigenvalue weighted by atomic mass is 32.2. The third kappa shape index (κ3) is 3.02. The van der Waals surface area contributed by atoms with Gasteiger partial charge >= 0.3 is 5.16 Å². The van der Waals surface area contributed by atoms with Gasteiger partial charge in [-0.15, -0.1) is 0 Å². The Kier molecular flexibility index (Phi) is 4.23. The van der Waals surface area contributed by atoms with Gasteiger partial charge in [-0.3, -0.25) is 9.97 Å². The van der Waals surface area contributed by atoms with Crippen LogP contribution in [0.5, 0.6) is 5.75 Å². The van der Waals surface area contributed by atoms with Gasteiger partial charge in [0.1, 0.15) is 5.75 Å². The fourth-order valence-electron chi connectivity index (χ4n) is 2.48. The lowest BCUT2D eigenvalue weighted by atomic mass is 10.1. The molecule has 0 aliphatic rings. The summed E-state index contributed by atoms with van der Waals surface area (Å²) in [5.41, 5.74) is 4.86. The highest BCUT2D eigenvalue weighted by Crippen LogP contribution is 2.26. The van der Waals surface area contributed by atoms with Gasteiger partial charge in [-0.05, 0) is 32.9 Å². The zero-order valence-electron chi connectivity index (χ0n) is 13.5. The third-order valence-electron chi connectivity index (χ3n) is 3.70. The molecule has 3 aromatic heterocycles. The molecule has 1 atom stereocenters. The number of pyridine rings is 2. The molecular weight excluding hydrogens is 312 g/mol. The van der Waals surface area contributed by atoms with Gasteiger partial charge in [-0.2, -0.15) is 4.98 Å². The Balaban J connectivity index is 1.90. The molecule has 0 spiro atoms. The van der Waals surface area contributed by atoms with E-state index in [1.165, 1.54) is 0 Å². The standard InChI is InChI=1S/C16H18N4O2S/c1-9-7-17-13(11(3)14(9)22-4)8-23(21)16-19-12-6-5-10(2)18-15(12)20-16/h5-7H,8H2,1-4H3,(H,18,19,20). The summed E-state index contributed by atoms with van der Waals surface area (Å²) in [4.78, 5) is 16.1. The Morgan fingerprint density at radius 1 is 1.22 bits per heavy atom. The summed E-state index contributed by atoms with van der Waals surface area (Å²) in [7, 11) is 1.63. The largest absolute Gasteiger partial charge is 0.609 e. The number of hydrogen-bond acceptors (Lipinski definition) is 5. The number of methoxy groups -OCH3 is 1. The van der Waals surface area contributed by atoms with Crippen molar-refractivity contribution in [3.63, 3.8) is 0 Å². The highest BCUT2D eigenvalue weighted by molar-refractivity contribution is 7.90. The quantitative estimate of drug-likeness (QED) is 0.743. The molecule has 3 rings (SSSR count). The number of aryl methyl sites for hydroxylation is 2. The van der Waals surface area contributed by atoms with Crippen molar-refractivity contribution in [3.8, 4) is 5.75 Å². The zero-order valence-corrected chi connectivity index (χ0v) is 14.3. The van der Waals surface area contributed by atoms with Crippen molar-refractivity contribution in [2.75, 3.05) is 7.11 Å². The van der Waals surface area contributed by atoms with Crippen molar-refractivity contribution in [3.05, 3.63) is 40.8 Å². The number of aromatic amines is 1. The van der Waals surface area contributed by atoms with E-state index in [4.69, 9.17) is 4.74 Å². The maximum Gasteiger partial charge on any atom is 0.323 e. The molecule has 23 heavy (non-hydrogen) atoms. The van der Waals surface area contributed by atoms with Gasteiger partial charge in [-0.25, -0.2) is 4.98 Å². The van der Waals surface area contributed by atoms with Gasteiger partial charge < -0.3 is 9.29 Å². The first-order valence-corrected chi connectivity index (χ1v) is 8.52. The number of ether oxygens (including phenoxy) is 1. The van der Waals surface area contributed by atoms with E-state index >= 15 is 0 Å². The number of nitrogens with zero attached hydrogens (tertiary/aromatic N) is 3. The topological polar surface area (TPSA) is 86.8 Å². The molecule has 0 bridgehead atoms. The van der Waals surface area contributed by atoms with E-state index < -0.39 is 11.2 Å². The van der Waals surface area contributed by atoms with Crippen LogP contribution in [0.1, 0.15) is 22.5 Å². The first kappa shape index (κ1) is 15.8. The Bertz CT molecular complexity index is 863. The first-order chi connectivity index (χ1) is 11.0. The molecule has 3 heterocycles. The monoisotopic (exact) mass is 330 g/mol. The number of nitrogens with one attached hydrogen (secondary N) is 1. The Labute approximate surface area is 137 Å². The minimum atomic E-state index is -1.33. The molecule has 120 valence electrons. The smallest absolute Gasteiger partial charge is 0.323 e. The van der Waals surface area contributed by atoms with E-state index in [1.807, 2.05) is 32.9 Å². The second kappa shape index (κ2) is 6.17. The lowest BCUT2D eigenvalue weighted by Gasteiger charge is -2.13. The fraction of sp³-hybridized carbons (Fsp3) is 0.312. The fourth-order valence-corrected chi connectivity index (χ4v) is 3.57. The second-order valence-electron chi connectivity index (χ2n) is 5.40. The van der Waals surface area contributed by atoms with Crippen molar-refractivity contribution in [2.45, 2.75) is 31.7 Å². The summed E-state index contributed by atoms with van der Waals surface area (Å²) in [6.07, 6.45) is 1.74. The molecule has 0 radical (unpaired) electrons. The summed E-state index contributed by atoms with van der Waals surface area (Å²) in [5, 5.41) is 0.416. The summed E-state index contributed by atoms with van der Waals surface area (Å²) < 4.78 is 18.0. The normalized spacial score (nSPS) is 12.6. The minimum Gasteiger partial charge on any atom is -0.609 e. The minimum absolute atomic E-state index is 0.279. The molecule has 0 saturated carbocycles. The zero-order chi connectivity index (χ0) is 16.6. The number of rotatable bonds is 4. The van der Waals surface area contributed by atoms with E-state index in [0.29, 0.717) is 10.8 Å².